The Balaban J connectivity index is 1.76. The molecule has 0 aliphatic heterocycles. The fourth-order valence-electron chi connectivity index (χ4n) is 2.11. The third-order valence-corrected chi connectivity index (χ3v) is 3.65. The average Bonchev–Trinajstić information content (AvgIpc) is 2.86. The summed E-state index contributed by atoms with van der Waals surface area (Å²) in [6.45, 7) is 0.255. The van der Waals surface area contributed by atoms with Crippen molar-refractivity contribution in [1.29, 1.82) is 0 Å². The van der Waals surface area contributed by atoms with Gasteiger partial charge in [0, 0.05) is 11.0 Å². The summed E-state index contributed by atoms with van der Waals surface area (Å²) < 4.78 is 38.9. The Labute approximate surface area is 132 Å². The van der Waals surface area contributed by atoms with Crippen LogP contribution in [-0.4, -0.2) is 9.97 Å². The summed E-state index contributed by atoms with van der Waals surface area (Å²) in [5.74, 6) is 0.519. The summed E-state index contributed by atoms with van der Waals surface area (Å²) in [4.78, 5) is 7.41. The maximum Gasteiger partial charge on any atom is 0.416 e. The summed E-state index contributed by atoms with van der Waals surface area (Å²) in [5, 5.41) is 3.00. The largest absolute Gasteiger partial charge is 0.416 e. The molecule has 0 bridgehead atoms. The summed E-state index contributed by atoms with van der Waals surface area (Å²) in [5.41, 5.74) is 1.52. The van der Waals surface area contributed by atoms with Crippen molar-refractivity contribution < 1.29 is 13.2 Å². The van der Waals surface area contributed by atoms with Crippen LogP contribution in [0.3, 0.4) is 0 Å². The van der Waals surface area contributed by atoms with E-state index in [2.05, 4.69) is 31.2 Å². The van der Waals surface area contributed by atoms with E-state index in [1.807, 2.05) is 18.2 Å². The predicted octanol–water partition coefficient (Wildman–Crippen LogP) is 4.96. The highest BCUT2D eigenvalue weighted by Gasteiger charge is 2.30. The zero-order chi connectivity index (χ0) is 15.7. The van der Waals surface area contributed by atoms with Gasteiger partial charge in [0.05, 0.1) is 16.6 Å². The Kier molecular flexibility index (Phi) is 3.82. The van der Waals surface area contributed by atoms with Crippen LogP contribution >= 0.6 is 15.9 Å². The van der Waals surface area contributed by atoms with Crippen LogP contribution in [0.15, 0.2) is 46.9 Å². The molecule has 22 heavy (non-hydrogen) atoms. The minimum atomic E-state index is -4.33. The lowest BCUT2D eigenvalue weighted by molar-refractivity contribution is -0.137. The molecule has 2 N–H and O–H groups in total. The van der Waals surface area contributed by atoms with Crippen LogP contribution in [0.1, 0.15) is 11.1 Å². The van der Waals surface area contributed by atoms with Gasteiger partial charge in [-0.25, -0.2) is 4.98 Å². The quantitative estimate of drug-likeness (QED) is 0.685. The monoisotopic (exact) mass is 369 g/mol. The van der Waals surface area contributed by atoms with Gasteiger partial charge in [-0.3, -0.25) is 0 Å². The highest BCUT2D eigenvalue weighted by atomic mass is 79.9. The Morgan fingerprint density at radius 1 is 1.14 bits per heavy atom. The molecule has 0 amide bonds. The van der Waals surface area contributed by atoms with E-state index in [1.165, 1.54) is 6.07 Å². The molecule has 0 aliphatic rings. The van der Waals surface area contributed by atoms with E-state index in [0.29, 0.717) is 11.5 Å². The SMILES string of the molecule is FC(F)(F)c1cccc(CNc2nc3ccc(Br)cc3[nH]2)c1. The number of fused-ring (bicyclic) bond motifs is 1. The summed E-state index contributed by atoms with van der Waals surface area (Å²) in [6, 6.07) is 10.8. The number of rotatable bonds is 3. The molecule has 0 unspecified atom stereocenters. The van der Waals surface area contributed by atoms with E-state index in [1.54, 1.807) is 6.07 Å². The van der Waals surface area contributed by atoms with Crippen molar-refractivity contribution >= 4 is 32.9 Å². The van der Waals surface area contributed by atoms with Crippen LogP contribution in [0, 0.1) is 0 Å². The van der Waals surface area contributed by atoms with Crippen molar-refractivity contribution in [2.24, 2.45) is 0 Å². The number of halogens is 4. The number of hydrogen-bond acceptors (Lipinski definition) is 2. The standard InChI is InChI=1S/C15H11BrF3N3/c16-11-4-5-12-13(7-11)22-14(21-12)20-8-9-2-1-3-10(6-9)15(17,18)19/h1-7H,8H2,(H2,20,21,22). The molecule has 0 saturated carbocycles. The summed E-state index contributed by atoms with van der Waals surface area (Å²) in [7, 11) is 0. The number of imidazole rings is 1. The molecule has 114 valence electrons. The predicted molar refractivity (Wildman–Crippen MR) is 82.6 cm³/mol. The van der Waals surface area contributed by atoms with E-state index in [4.69, 9.17) is 0 Å². The first kappa shape index (κ1) is 14.9. The number of nitrogens with one attached hydrogen (secondary N) is 2. The Morgan fingerprint density at radius 2 is 1.95 bits per heavy atom. The first-order valence-electron chi connectivity index (χ1n) is 6.47. The lowest BCUT2D eigenvalue weighted by Crippen LogP contribution is -2.07. The van der Waals surface area contributed by atoms with Gasteiger partial charge in [-0.15, -0.1) is 0 Å². The molecule has 3 nitrogen and oxygen atoms in total. The van der Waals surface area contributed by atoms with Crippen molar-refractivity contribution in [3.8, 4) is 0 Å². The number of nitrogens with zero attached hydrogens (tertiary/aromatic N) is 1. The van der Waals surface area contributed by atoms with E-state index >= 15 is 0 Å². The van der Waals surface area contributed by atoms with Gasteiger partial charge in [-0.05, 0) is 35.9 Å². The van der Waals surface area contributed by atoms with Crippen molar-refractivity contribution in [1.82, 2.24) is 9.97 Å². The average molecular weight is 370 g/mol. The first-order valence-corrected chi connectivity index (χ1v) is 7.26. The molecule has 0 saturated heterocycles. The minimum absolute atomic E-state index is 0.255. The van der Waals surface area contributed by atoms with Gasteiger partial charge in [0.15, 0.2) is 0 Å². The van der Waals surface area contributed by atoms with Crippen LogP contribution in [0.2, 0.25) is 0 Å². The van der Waals surface area contributed by atoms with Crippen LogP contribution in [0.5, 0.6) is 0 Å². The third kappa shape index (κ3) is 3.24. The van der Waals surface area contributed by atoms with Crippen LogP contribution < -0.4 is 5.32 Å². The van der Waals surface area contributed by atoms with E-state index < -0.39 is 11.7 Å². The molecule has 0 radical (unpaired) electrons. The smallest absolute Gasteiger partial charge is 0.352 e. The van der Waals surface area contributed by atoms with Crippen molar-refractivity contribution in [2.75, 3.05) is 5.32 Å². The van der Waals surface area contributed by atoms with Gasteiger partial charge >= 0.3 is 6.18 Å². The van der Waals surface area contributed by atoms with Crippen molar-refractivity contribution in [2.45, 2.75) is 12.7 Å². The Hall–Kier alpha value is -2.02. The molecular weight excluding hydrogens is 359 g/mol. The maximum absolute atomic E-state index is 12.7. The van der Waals surface area contributed by atoms with Gasteiger partial charge in [0.1, 0.15) is 0 Å². The molecular formula is C15H11BrF3N3. The highest BCUT2D eigenvalue weighted by Crippen LogP contribution is 2.29. The maximum atomic E-state index is 12.7. The van der Waals surface area contributed by atoms with Gasteiger partial charge in [-0.1, -0.05) is 28.1 Å². The zero-order valence-corrected chi connectivity index (χ0v) is 12.8. The van der Waals surface area contributed by atoms with E-state index in [-0.39, 0.29) is 6.54 Å². The normalized spacial score (nSPS) is 11.8. The van der Waals surface area contributed by atoms with Gasteiger partial charge in [-0.2, -0.15) is 13.2 Å². The molecule has 0 spiro atoms. The van der Waals surface area contributed by atoms with Crippen LogP contribution in [0.4, 0.5) is 19.1 Å². The Bertz CT molecular complexity index is 811. The van der Waals surface area contributed by atoms with Gasteiger partial charge in [0.2, 0.25) is 5.95 Å². The number of alkyl halides is 3. The second-order valence-electron chi connectivity index (χ2n) is 4.80. The number of hydrogen-bond donors (Lipinski definition) is 2. The van der Waals surface area contributed by atoms with Crippen LogP contribution in [-0.2, 0) is 12.7 Å². The number of anilines is 1. The molecule has 1 heterocycles. The fraction of sp³-hybridized carbons (Fsp3) is 0.133. The summed E-state index contributed by atoms with van der Waals surface area (Å²) >= 11 is 3.37. The van der Waals surface area contributed by atoms with Gasteiger partial charge < -0.3 is 10.3 Å². The minimum Gasteiger partial charge on any atom is -0.352 e. The van der Waals surface area contributed by atoms with Crippen molar-refractivity contribution in [3.63, 3.8) is 0 Å². The van der Waals surface area contributed by atoms with Crippen molar-refractivity contribution in [3.05, 3.63) is 58.1 Å². The molecule has 7 heteroatoms. The number of H-pyrrole nitrogens is 1. The molecule has 0 aliphatic carbocycles. The second-order valence-corrected chi connectivity index (χ2v) is 5.71. The van der Waals surface area contributed by atoms with E-state index in [9.17, 15) is 13.2 Å². The number of benzene rings is 2. The fourth-order valence-corrected chi connectivity index (χ4v) is 2.47. The van der Waals surface area contributed by atoms with Gasteiger partial charge in [0.25, 0.3) is 0 Å². The second kappa shape index (κ2) is 5.64. The van der Waals surface area contributed by atoms with Crippen LogP contribution in [0.25, 0.3) is 11.0 Å². The Morgan fingerprint density at radius 3 is 2.73 bits per heavy atom. The lowest BCUT2D eigenvalue weighted by Gasteiger charge is -2.09. The molecule has 0 atom stereocenters. The molecule has 2 aromatic carbocycles. The molecule has 1 aromatic heterocycles. The number of aromatic amines is 1. The summed E-state index contributed by atoms with van der Waals surface area (Å²) in [6.07, 6.45) is -4.33. The number of aromatic nitrogens is 2. The third-order valence-electron chi connectivity index (χ3n) is 3.16. The first-order chi connectivity index (χ1) is 10.4. The molecule has 3 rings (SSSR count). The zero-order valence-electron chi connectivity index (χ0n) is 11.2. The molecule has 3 aromatic rings. The highest BCUT2D eigenvalue weighted by molar-refractivity contribution is 9.10. The lowest BCUT2D eigenvalue weighted by atomic mass is 10.1. The molecule has 0 fully saturated rings. The van der Waals surface area contributed by atoms with E-state index in [0.717, 1.165) is 27.6 Å². The topological polar surface area (TPSA) is 40.7 Å².